The monoisotopic (exact) mass is 313 g/mol. The molecule has 0 amide bonds. The van der Waals surface area contributed by atoms with E-state index in [1.807, 2.05) is 0 Å². The first-order chi connectivity index (χ1) is 10.1. The van der Waals surface area contributed by atoms with Gasteiger partial charge in [0.05, 0.1) is 18.9 Å². The summed E-state index contributed by atoms with van der Waals surface area (Å²) < 4.78 is 10.4. The molecular weight excluding hydrogens is 286 g/mol. The van der Waals surface area contributed by atoms with Gasteiger partial charge in [0.15, 0.2) is 5.13 Å². The maximum absolute atomic E-state index is 5.30. The molecule has 6 heteroatoms. The molecule has 1 aromatic rings. The average Bonchev–Trinajstić information content (AvgIpc) is 2.98. The molecule has 0 bridgehead atoms. The van der Waals surface area contributed by atoms with Crippen molar-refractivity contribution in [3.05, 3.63) is 10.6 Å². The molecule has 2 heterocycles. The van der Waals surface area contributed by atoms with Crippen LogP contribution in [0.3, 0.4) is 0 Å². The molecule has 5 nitrogen and oxygen atoms in total. The van der Waals surface area contributed by atoms with Crippen molar-refractivity contribution < 1.29 is 9.47 Å². The maximum Gasteiger partial charge on any atom is 0.186 e. The average molecular weight is 313 g/mol. The number of rotatable bonds is 8. The minimum atomic E-state index is 0.211. The topological polar surface area (TPSA) is 46.6 Å². The molecular formula is C15H27N3O2S. The Hall–Kier alpha value is -0.690. The molecule has 2 rings (SSSR count). The van der Waals surface area contributed by atoms with Crippen molar-refractivity contribution in [2.75, 3.05) is 38.8 Å². The second-order valence-electron chi connectivity index (χ2n) is 6.04. The van der Waals surface area contributed by atoms with Crippen LogP contribution in [-0.2, 0) is 22.6 Å². The van der Waals surface area contributed by atoms with Crippen LogP contribution in [0.4, 0.5) is 5.13 Å². The van der Waals surface area contributed by atoms with Gasteiger partial charge >= 0.3 is 0 Å². The lowest BCUT2D eigenvalue weighted by Gasteiger charge is -2.31. The standard InChI is InChI=1S/C15H27N3O2S/c1-15(2)6-5-8-18(15)14-17-12(11-20-4)13(21-14)10-16-7-9-19-3/h16H,5-11H2,1-4H3. The zero-order chi connectivity index (χ0) is 15.3. The number of nitrogens with one attached hydrogen (secondary N) is 1. The van der Waals surface area contributed by atoms with Crippen LogP contribution in [0.1, 0.15) is 37.3 Å². The van der Waals surface area contributed by atoms with Crippen LogP contribution >= 0.6 is 11.3 Å². The summed E-state index contributed by atoms with van der Waals surface area (Å²) in [5, 5.41) is 4.53. The Morgan fingerprint density at radius 1 is 1.33 bits per heavy atom. The Kier molecular flexibility index (Phi) is 5.98. The Bertz CT molecular complexity index is 448. The van der Waals surface area contributed by atoms with Crippen molar-refractivity contribution in [2.45, 2.75) is 45.4 Å². The Morgan fingerprint density at radius 2 is 2.14 bits per heavy atom. The van der Waals surface area contributed by atoms with Crippen molar-refractivity contribution in [2.24, 2.45) is 0 Å². The Balaban J connectivity index is 2.09. The lowest BCUT2D eigenvalue weighted by atomic mass is 10.0. The molecule has 1 aliphatic rings. The molecule has 0 unspecified atom stereocenters. The molecule has 1 fully saturated rings. The second kappa shape index (κ2) is 7.54. The molecule has 1 aromatic heterocycles. The van der Waals surface area contributed by atoms with Gasteiger partial charge in [-0.05, 0) is 26.7 Å². The first-order valence-corrected chi connectivity index (χ1v) is 8.35. The zero-order valence-electron chi connectivity index (χ0n) is 13.6. The fraction of sp³-hybridized carbons (Fsp3) is 0.800. The van der Waals surface area contributed by atoms with E-state index in [2.05, 4.69) is 24.1 Å². The van der Waals surface area contributed by atoms with Gasteiger partial charge < -0.3 is 19.7 Å². The number of aromatic nitrogens is 1. The molecule has 120 valence electrons. The molecule has 0 saturated carbocycles. The lowest BCUT2D eigenvalue weighted by Crippen LogP contribution is -2.38. The van der Waals surface area contributed by atoms with Gasteiger partial charge in [-0.25, -0.2) is 4.98 Å². The van der Waals surface area contributed by atoms with Gasteiger partial charge in [-0.1, -0.05) is 0 Å². The SMILES string of the molecule is COCCNCc1sc(N2CCCC2(C)C)nc1COC. The number of anilines is 1. The number of hydrogen-bond donors (Lipinski definition) is 1. The number of methoxy groups -OCH3 is 2. The van der Waals surface area contributed by atoms with Crippen molar-refractivity contribution in [3.8, 4) is 0 Å². The van der Waals surface area contributed by atoms with Gasteiger partial charge in [-0.3, -0.25) is 0 Å². The highest BCUT2D eigenvalue weighted by Gasteiger charge is 2.34. The summed E-state index contributed by atoms with van der Waals surface area (Å²) >= 11 is 1.79. The van der Waals surface area contributed by atoms with E-state index in [-0.39, 0.29) is 5.54 Å². The number of hydrogen-bond acceptors (Lipinski definition) is 6. The zero-order valence-corrected chi connectivity index (χ0v) is 14.4. The van der Waals surface area contributed by atoms with Crippen molar-refractivity contribution in [1.82, 2.24) is 10.3 Å². The molecule has 0 aromatic carbocycles. The predicted molar refractivity (Wildman–Crippen MR) is 87.1 cm³/mol. The smallest absolute Gasteiger partial charge is 0.186 e. The van der Waals surface area contributed by atoms with Gasteiger partial charge in [0.25, 0.3) is 0 Å². The van der Waals surface area contributed by atoms with Gasteiger partial charge in [0.1, 0.15) is 0 Å². The van der Waals surface area contributed by atoms with Gasteiger partial charge in [-0.2, -0.15) is 0 Å². The van der Waals surface area contributed by atoms with E-state index in [0.29, 0.717) is 6.61 Å². The summed E-state index contributed by atoms with van der Waals surface area (Å²) in [5.74, 6) is 0. The number of nitrogens with zero attached hydrogens (tertiary/aromatic N) is 2. The van der Waals surface area contributed by atoms with E-state index in [1.54, 1.807) is 25.6 Å². The predicted octanol–water partition coefficient (Wildman–Crippen LogP) is 2.40. The van der Waals surface area contributed by atoms with E-state index in [4.69, 9.17) is 14.5 Å². The third-order valence-corrected chi connectivity index (χ3v) is 5.07. The van der Waals surface area contributed by atoms with E-state index < -0.39 is 0 Å². The lowest BCUT2D eigenvalue weighted by molar-refractivity contribution is 0.181. The molecule has 1 saturated heterocycles. The number of thiazole rings is 1. The summed E-state index contributed by atoms with van der Waals surface area (Å²) in [6.45, 7) is 8.68. The molecule has 0 atom stereocenters. The largest absolute Gasteiger partial charge is 0.383 e. The minimum absolute atomic E-state index is 0.211. The molecule has 0 radical (unpaired) electrons. The second-order valence-corrected chi connectivity index (χ2v) is 7.10. The van der Waals surface area contributed by atoms with Crippen LogP contribution in [0.15, 0.2) is 0 Å². The van der Waals surface area contributed by atoms with Crippen LogP contribution in [-0.4, -0.2) is 44.4 Å². The van der Waals surface area contributed by atoms with E-state index in [0.717, 1.165) is 37.1 Å². The molecule has 1 N–H and O–H groups in total. The third kappa shape index (κ3) is 4.16. The Labute approximate surface area is 131 Å². The highest BCUT2D eigenvalue weighted by Crippen LogP contribution is 2.37. The van der Waals surface area contributed by atoms with E-state index >= 15 is 0 Å². The summed E-state index contributed by atoms with van der Waals surface area (Å²) in [6.07, 6.45) is 2.47. The van der Waals surface area contributed by atoms with Crippen molar-refractivity contribution >= 4 is 16.5 Å². The van der Waals surface area contributed by atoms with E-state index in [1.165, 1.54) is 17.7 Å². The normalized spacial score (nSPS) is 17.6. The first-order valence-electron chi connectivity index (χ1n) is 7.53. The van der Waals surface area contributed by atoms with E-state index in [9.17, 15) is 0 Å². The molecule has 21 heavy (non-hydrogen) atoms. The summed E-state index contributed by atoms with van der Waals surface area (Å²) in [4.78, 5) is 8.53. The quantitative estimate of drug-likeness (QED) is 0.747. The number of ether oxygens (including phenoxy) is 2. The van der Waals surface area contributed by atoms with Crippen molar-refractivity contribution in [1.29, 1.82) is 0 Å². The fourth-order valence-electron chi connectivity index (χ4n) is 2.71. The highest BCUT2D eigenvalue weighted by molar-refractivity contribution is 7.15. The van der Waals surface area contributed by atoms with Gasteiger partial charge in [0.2, 0.25) is 0 Å². The van der Waals surface area contributed by atoms with Crippen LogP contribution in [0.5, 0.6) is 0 Å². The highest BCUT2D eigenvalue weighted by atomic mass is 32.1. The fourth-order valence-corrected chi connectivity index (χ4v) is 3.93. The minimum Gasteiger partial charge on any atom is -0.383 e. The van der Waals surface area contributed by atoms with Gasteiger partial charge in [-0.15, -0.1) is 11.3 Å². The molecule has 0 aliphatic carbocycles. The first kappa shape index (κ1) is 16.7. The van der Waals surface area contributed by atoms with Crippen LogP contribution in [0.2, 0.25) is 0 Å². The molecule has 0 spiro atoms. The maximum atomic E-state index is 5.30. The van der Waals surface area contributed by atoms with Crippen LogP contribution in [0, 0.1) is 0 Å². The summed E-state index contributed by atoms with van der Waals surface area (Å²) in [6, 6.07) is 0. The van der Waals surface area contributed by atoms with Crippen molar-refractivity contribution in [3.63, 3.8) is 0 Å². The Morgan fingerprint density at radius 3 is 2.76 bits per heavy atom. The summed E-state index contributed by atoms with van der Waals surface area (Å²) in [7, 11) is 3.44. The van der Waals surface area contributed by atoms with Crippen LogP contribution in [0.25, 0.3) is 0 Å². The van der Waals surface area contributed by atoms with Crippen LogP contribution < -0.4 is 10.2 Å². The van der Waals surface area contributed by atoms with Gasteiger partial charge in [0, 0.05) is 44.3 Å². The molecule has 1 aliphatic heterocycles. The summed E-state index contributed by atoms with van der Waals surface area (Å²) in [5.41, 5.74) is 1.27. The third-order valence-electron chi connectivity index (χ3n) is 3.95.